The summed E-state index contributed by atoms with van der Waals surface area (Å²) in [4.78, 5) is 24.7. The Hall–Kier alpha value is -4.15. The predicted molar refractivity (Wildman–Crippen MR) is 123 cm³/mol. The van der Waals surface area contributed by atoms with Gasteiger partial charge in [0, 0.05) is 7.11 Å². The van der Waals surface area contributed by atoms with Crippen LogP contribution in [0.15, 0.2) is 54.6 Å². The summed E-state index contributed by atoms with van der Waals surface area (Å²) in [6.07, 6.45) is -7.65. The van der Waals surface area contributed by atoms with Crippen molar-refractivity contribution in [2.24, 2.45) is 0 Å². The lowest BCUT2D eigenvalue weighted by Gasteiger charge is -2.18. The molecule has 11 heteroatoms. The van der Waals surface area contributed by atoms with Crippen LogP contribution >= 0.6 is 0 Å². The first-order chi connectivity index (χ1) is 17.3. The molecular weight excluding hydrogens is 501 g/mol. The van der Waals surface area contributed by atoms with Gasteiger partial charge >= 0.3 is 18.4 Å². The molecule has 5 rings (SSSR count). The van der Waals surface area contributed by atoms with Gasteiger partial charge in [0.25, 0.3) is 0 Å². The van der Waals surface area contributed by atoms with Gasteiger partial charge in [0.2, 0.25) is 5.91 Å². The van der Waals surface area contributed by atoms with Crippen molar-refractivity contribution < 1.29 is 47.5 Å². The number of aryl methyl sites for hydroxylation is 1. The van der Waals surface area contributed by atoms with E-state index in [-0.39, 0.29) is 24.2 Å². The van der Waals surface area contributed by atoms with Crippen LogP contribution in [-0.2, 0) is 16.4 Å². The van der Waals surface area contributed by atoms with Gasteiger partial charge in [-0.2, -0.15) is 13.2 Å². The quantitative estimate of drug-likeness (QED) is 0.369. The summed E-state index contributed by atoms with van der Waals surface area (Å²) in [7, 11) is 0. The molecule has 37 heavy (non-hydrogen) atoms. The highest BCUT2D eigenvalue weighted by atomic mass is 19.4. The molecule has 1 aliphatic carbocycles. The molecule has 194 valence electrons. The number of anilines is 1. The highest BCUT2D eigenvalue weighted by Gasteiger charge is 2.52. The van der Waals surface area contributed by atoms with E-state index in [4.69, 9.17) is 0 Å². The molecule has 0 aromatic heterocycles. The van der Waals surface area contributed by atoms with Crippen LogP contribution < -0.4 is 14.8 Å². The summed E-state index contributed by atoms with van der Waals surface area (Å²) in [6, 6.07) is 11.3. The fourth-order valence-corrected chi connectivity index (χ4v) is 4.35. The van der Waals surface area contributed by atoms with E-state index in [1.165, 1.54) is 24.3 Å². The highest BCUT2D eigenvalue weighted by molar-refractivity contribution is 6.02. The predicted octanol–water partition coefficient (Wildman–Crippen LogP) is 6.62. The Morgan fingerprint density at radius 3 is 2.32 bits per heavy atom. The summed E-state index contributed by atoms with van der Waals surface area (Å²) in [6.45, 7) is 1.65. The number of ether oxygens (including phenoxy) is 2. The van der Waals surface area contributed by atoms with E-state index in [1.54, 1.807) is 19.1 Å². The molecule has 0 spiro atoms. The zero-order chi connectivity index (χ0) is 26.8. The third-order valence-corrected chi connectivity index (χ3v) is 6.45. The maximum absolute atomic E-state index is 13.4. The maximum atomic E-state index is 13.4. The van der Waals surface area contributed by atoms with Crippen LogP contribution in [0.2, 0.25) is 0 Å². The summed E-state index contributed by atoms with van der Waals surface area (Å²) in [5, 5.41) is 12.0. The number of alkyl halides is 5. The fourth-order valence-electron chi connectivity index (χ4n) is 4.35. The minimum absolute atomic E-state index is 0. The van der Waals surface area contributed by atoms with E-state index in [0.717, 1.165) is 12.1 Å². The average molecular weight is 521 g/mol. The largest absolute Gasteiger partial charge is 0.586 e. The smallest absolute Gasteiger partial charge is 0.478 e. The number of halogens is 5. The molecule has 1 saturated carbocycles. The van der Waals surface area contributed by atoms with Crippen molar-refractivity contribution in [3.05, 3.63) is 76.9 Å². The Morgan fingerprint density at radius 2 is 1.68 bits per heavy atom. The third kappa shape index (κ3) is 4.56. The Kier molecular flexibility index (Phi) is 5.43. The summed E-state index contributed by atoms with van der Waals surface area (Å²) < 4.78 is 75.8. The van der Waals surface area contributed by atoms with Crippen LogP contribution in [0.3, 0.4) is 0 Å². The second-order valence-electron chi connectivity index (χ2n) is 9.00. The number of carbonyl (C=O) groups is 2. The van der Waals surface area contributed by atoms with Crippen molar-refractivity contribution in [1.82, 2.24) is 0 Å². The summed E-state index contributed by atoms with van der Waals surface area (Å²) >= 11 is 0. The van der Waals surface area contributed by atoms with E-state index >= 15 is 0 Å². The molecule has 0 saturated heterocycles. The lowest BCUT2D eigenvalue weighted by atomic mass is 9.93. The fraction of sp³-hybridized carbons (Fsp3) is 0.231. The number of benzene rings is 3. The lowest BCUT2D eigenvalue weighted by Crippen LogP contribution is -2.28. The lowest BCUT2D eigenvalue weighted by molar-refractivity contribution is -0.286. The van der Waals surface area contributed by atoms with Gasteiger partial charge in [0.05, 0.1) is 16.5 Å². The molecule has 1 aliphatic heterocycles. The molecule has 2 aliphatic rings. The van der Waals surface area contributed by atoms with Crippen LogP contribution in [0, 0.1) is 6.92 Å². The number of rotatable bonds is 5. The number of carbonyl (C=O) groups excluding carboxylic acids is 1. The molecule has 0 atom stereocenters. The van der Waals surface area contributed by atoms with Crippen molar-refractivity contribution in [3.8, 4) is 22.6 Å². The number of aromatic carboxylic acids is 1. The highest BCUT2D eigenvalue weighted by Crippen LogP contribution is 2.52. The Labute approximate surface area is 208 Å². The van der Waals surface area contributed by atoms with E-state index in [2.05, 4.69) is 14.8 Å². The number of hydrogen-bond donors (Lipinski definition) is 2. The molecule has 1 fully saturated rings. The van der Waals surface area contributed by atoms with E-state index in [0.29, 0.717) is 35.6 Å². The van der Waals surface area contributed by atoms with Crippen molar-refractivity contribution in [3.63, 3.8) is 0 Å². The first-order valence-corrected chi connectivity index (χ1v) is 11.1. The third-order valence-electron chi connectivity index (χ3n) is 6.45. The normalized spacial score (nSPS) is 16.8. The molecule has 3 aromatic rings. The number of hydrogen-bond acceptors (Lipinski definition) is 4. The molecule has 6 nitrogen and oxygen atoms in total. The monoisotopic (exact) mass is 521 g/mol. The molecule has 0 bridgehead atoms. The molecule has 0 radical (unpaired) electrons. The number of carboxylic acid groups (broad SMARTS) is 1. The molecule has 1 heterocycles. The Bertz CT molecular complexity index is 1450. The number of nitrogens with one attached hydrogen (secondary N) is 1. The first kappa shape index (κ1) is 24.5. The second-order valence-corrected chi connectivity index (χ2v) is 9.00. The summed E-state index contributed by atoms with van der Waals surface area (Å²) in [5.74, 6) is -2.26. The topological polar surface area (TPSA) is 84.9 Å². The summed E-state index contributed by atoms with van der Waals surface area (Å²) in [5.41, 5.74) is -0.995. The van der Waals surface area contributed by atoms with E-state index in [9.17, 15) is 36.6 Å². The van der Waals surface area contributed by atoms with Crippen LogP contribution in [0.4, 0.5) is 27.6 Å². The Morgan fingerprint density at radius 1 is 0.973 bits per heavy atom. The minimum atomic E-state index is -4.76. The van der Waals surface area contributed by atoms with Gasteiger partial charge in [0.1, 0.15) is 0 Å². The second kappa shape index (κ2) is 8.19. The Balaban J connectivity index is 0.00000336. The van der Waals surface area contributed by atoms with Crippen molar-refractivity contribution in [1.29, 1.82) is 0 Å². The van der Waals surface area contributed by atoms with Crippen molar-refractivity contribution >= 4 is 17.6 Å². The number of amides is 1. The van der Waals surface area contributed by atoms with Crippen LogP contribution in [-0.4, -0.2) is 23.3 Å². The van der Waals surface area contributed by atoms with Gasteiger partial charge in [-0.05, 0) is 84.5 Å². The van der Waals surface area contributed by atoms with Crippen molar-refractivity contribution in [2.75, 3.05) is 5.32 Å². The molecule has 1 amide bonds. The van der Waals surface area contributed by atoms with Crippen LogP contribution in [0.25, 0.3) is 11.1 Å². The van der Waals surface area contributed by atoms with Crippen LogP contribution in [0.5, 0.6) is 11.5 Å². The van der Waals surface area contributed by atoms with Crippen LogP contribution in [0.1, 0.15) is 41.3 Å². The SMILES string of the molecule is Cc1ccc(NC(=O)C2(c3ccc4c(c3)OC(F)(F)O4)CC2)cc1-c1cc(C(=O)O)cc(C(F)(F)F)c1.[HH]. The van der Waals surface area contributed by atoms with Gasteiger partial charge in [-0.3, -0.25) is 4.79 Å². The number of fused-ring (bicyclic) bond motifs is 1. The molecular formula is C26H20F5NO5. The zero-order valence-electron chi connectivity index (χ0n) is 19.1. The minimum Gasteiger partial charge on any atom is -0.478 e. The van der Waals surface area contributed by atoms with E-state index in [1.807, 2.05) is 0 Å². The zero-order valence-corrected chi connectivity index (χ0v) is 19.1. The van der Waals surface area contributed by atoms with Crippen molar-refractivity contribution in [2.45, 2.75) is 37.7 Å². The average Bonchev–Trinajstić information content (AvgIpc) is 3.56. The van der Waals surface area contributed by atoms with Gasteiger partial charge in [-0.25, -0.2) is 4.79 Å². The van der Waals surface area contributed by atoms with Gasteiger partial charge < -0.3 is 19.9 Å². The van der Waals surface area contributed by atoms with Gasteiger partial charge in [0.15, 0.2) is 11.5 Å². The van der Waals surface area contributed by atoms with E-state index < -0.39 is 40.9 Å². The first-order valence-electron chi connectivity index (χ1n) is 11.1. The number of carboxylic acids is 1. The standard InChI is InChI=1S/C26H18F5NO5.H2/c1-13-2-4-18(12-19(13)14-8-15(22(33)34)10-17(9-14)25(27,28)29)32-23(35)24(6-7-24)16-3-5-20-21(11-16)37-26(30,31)36-20;/h2-5,8-12H,6-7H2,1H3,(H,32,35)(H,33,34);1H. The van der Waals surface area contributed by atoms with Gasteiger partial charge in [-0.15, -0.1) is 8.78 Å². The molecule has 0 unspecified atom stereocenters. The molecule has 3 aromatic carbocycles. The molecule has 2 N–H and O–H groups in total. The maximum Gasteiger partial charge on any atom is 0.586 e. The van der Waals surface area contributed by atoms with Gasteiger partial charge in [-0.1, -0.05) is 12.1 Å².